The van der Waals surface area contributed by atoms with E-state index >= 15 is 0 Å². The first kappa shape index (κ1) is 21.2. The molecule has 0 unspecified atom stereocenters. The summed E-state index contributed by atoms with van der Waals surface area (Å²) >= 11 is 0. The third-order valence-electron chi connectivity index (χ3n) is 5.30. The second-order valence-electron chi connectivity index (χ2n) is 7.32. The maximum Gasteiger partial charge on any atom is 0.573 e. The van der Waals surface area contributed by atoms with Gasteiger partial charge in [-0.2, -0.15) is 5.10 Å². The minimum atomic E-state index is -4.82. The highest BCUT2D eigenvalue weighted by Crippen LogP contribution is 2.35. The van der Waals surface area contributed by atoms with Crippen molar-refractivity contribution in [1.29, 1.82) is 0 Å². The minimum Gasteiger partial charge on any atom is -0.406 e. The van der Waals surface area contributed by atoms with Crippen LogP contribution in [0.3, 0.4) is 0 Å². The highest BCUT2D eigenvalue weighted by molar-refractivity contribution is 7.91. The largest absolute Gasteiger partial charge is 0.573 e. The summed E-state index contributed by atoms with van der Waals surface area (Å²) in [5.41, 5.74) is 1.91. The predicted molar refractivity (Wildman–Crippen MR) is 115 cm³/mol. The number of ether oxygens (including phenoxy) is 1. The number of sulfone groups is 1. The molecule has 170 valence electrons. The predicted octanol–water partition coefficient (Wildman–Crippen LogP) is 4.13. The van der Waals surface area contributed by atoms with E-state index in [1.54, 1.807) is 42.9 Å². The molecule has 0 aliphatic carbocycles. The minimum absolute atomic E-state index is 0.0714. The van der Waals surface area contributed by atoms with E-state index in [4.69, 9.17) is 0 Å². The zero-order chi connectivity index (χ0) is 23.5. The van der Waals surface area contributed by atoms with Gasteiger partial charge in [-0.05, 0) is 24.3 Å². The number of fused-ring (bicyclic) bond motifs is 4. The van der Waals surface area contributed by atoms with Crippen molar-refractivity contribution in [2.24, 2.45) is 7.05 Å². The molecule has 0 saturated carbocycles. The molecule has 0 N–H and O–H groups in total. The van der Waals surface area contributed by atoms with Crippen LogP contribution in [-0.2, 0) is 16.9 Å². The molecule has 1 aromatic carbocycles. The molecule has 4 heterocycles. The summed E-state index contributed by atoms with van der Waals surface area (Å²) < 4.78 is 70.8. The molecular formula is C21H16F3N5O3S. The van der Waals surface area contributed by atoms with Gasteiger partial charge in [-0.25, -0.2) is 17.9 Å². The summed E-state index contributed by atoms with van der Waals surface area (Å²) in [5, 5.41) is 5.01. The average Bonchev–Trinajstić information content (AvgIpc) is 3.31. The van der Waals surface area contributed by atoms with Gasteiger partial charge in [-0.1, -0.05) is 13.0 Å². The third-order valence-corrected chi connectivity index (χ3v) is 7.09. The molecule has 8 nitrogen and oxygen atoms in total. The first-order chi connectivity index (χ1) is 15.6. The van der Waals surface area contributed by atoms with Gasteiger partial charge in [-0.15, -0.1) is 13.2 Å². The standard InChI is InChI=1S/C21H16F3N5O3S/c1-3-33(30,31)19-16-6-4-5-9-29(16)27-17(19)20-26-15-11-25-14-10-12(32-21(22,23)24)7-8-13(14)18(15)28(20)2/h4-11H,3H2,1-2H3. The van der Waals surface area contributed by atoms with E-state index in [1.807, 2.05) is 0 Å². The fraction of sp³-hybridized carbons (Fsp3) is 0.190. The lowest BCUT2D eigenvalue weighted by atomic mass is 10.2. The van der Waals surface area contributed by atoms with Gasteiger partial charge in [0.1, 0.15) is 21.9 Å². The first-order valence-corrected chi connectivity index (χ1v) is 11.5. The van der Waals surface area contributed by atoms with E-state index in [0.717, 1.165) is 0 Å². The van der Waals surface area contributed by atoms with E-state index in [1.165, 1.54) is 28.9 Å². The monoisotopic (exact) mass is 475 g/mol. The molecule has 0 radical (unpaired) electrons. The molecule has 0 aliphatic heterocycles. The molecule has 33 heavy (non-hydrogen) atoms. The summed E-state index contributed by atoms with van der Waals surface area (Å²) in [4.78, 5) is 8.85. The maximum atomic E-state index is 13.0. The Morgan fingerprint density at radius 1 is 1.12 bits per heavy atom. The number of benzene rings is 1. The third kappa shape index (κ3) is 3.46. The number of aromatic nitrogens is 5. The number of pyridine rings is 2. The Kier molecular flexibility index (Phi) is 4.60. The number of imidazole rings is 1. The summed E-state index contributed by atoms with van der Waals surface area (Å²) in [7, 11) is -1.96. The molecule has 12 heteroatoms. The van der Waals surface area contributed by atoms with Gasteiger partial charge >= 0.3 is 6.36 Å². The number of halogens is 3. The lowest BCUT2D eigenvalue weighted by Crippen LogP contribution is -2.17. The number of hydrogen-bond donors (Lipinski definition) is 0. The molecule has 4 aromatic heterocycles. The lowest BCUT2D eigenvalue weighted by molar-refractivity contribution is -0.274. The smallest absolute Gasteiger partial charge is 0.406 e. The second-order valence-corrected chi connectivity index (χ2v) is 9.54. The van der Waals surface area contributed by atoms with Crippen molar-refractivity contribution in [2.75, 3.05) is 5.75 Å². The topological polar surface area (TPSA) is 91.4 Å². The van der Waals surface area contributed by atoms with Crippen LogP contribution in [0.1, 0.15) is 6.92 Å². The van der Waals surface area contributed by atoms with Crippen molar-refractivity contribution < 1.29 is 26.3 Å². The molecule has 0 atom stereocenters. The Morgan fingerprint density at radius 3 is 2.64 bits per heavy atom. The van der Waals surface area contributed by atoms with E-state index in [0.29, 0.717) is 27.8 Å². The summed E-state index contributed by atoms with van der Waals surface area (Å²) in [6.07, 6.45) is -1.75. The van der Waals surface area contributed by atoms with Crippen molar-refractivity contribution in [2.45, 2.75) is 18.2 Å². The van der Waals surface area contributed by atoms with Crippen LogP contribution in [0.2, 0.25) is 0 Å². The van der Waals surface area contributed by atoms with Crippen LogP contribution in [0.25, 0.3) is 39.0 Å². The normalized spacial score (nSPS) is 12.8. The Morgan fingerprint density at radius 2 is 1.91 bits per heavy atom. The first-order valence-electron chi connectivity index (χ1n) is 9.80. The van der Waals surface area contributed by atoms with Crippen LogP contribution in [0.15, 0.2) is 53.7 Å². The van der Waals surface area contributed by atoms with Crippen LogP contribution in [-0.4, -0.2) is 44.7 Å². The molecule has 0 aliphatic rings. The zero-order valence-electron chi connectivity index (χ0n) is 17.3. The molecule has 0 bridgehead atoms. The molecular weight excluding hydrogens is 459 g/mol. The van der Waals surface area contributed by atoms with Gasteiger partial charge in [0.05, 0.1) is 28.5 Å². The summed E-state index contributed by atoms with van der Waals surface area (Å²) in [5.74, 6) is -0.210. The van der Waals surface area contributed by atoms with Crippen molar-refractivity contribution in [1.82, 2.24) is 24.1 Å². The Labute approximate surface area is 185 Å². The maximum absolute atomic E-state index is 13.0. The number of alkyl halides is 3. The van der Waals surface area contributed by atoms with E-state index in [2.05, 4.69) is 19.8 Å². The van der Waals surface area contributed by atoms with Crippen LogP contribution < -0.4 is 4.74 Å². The SMILES string of the molecule is CCS(=O)(=O)c1c(-c2nc3cnc4cc(OC(F)(F)F)ccc4c3n2C)nn2ccccc12. The fourth-order valence-corrected chi connectivity index (χ4v) is 5.06. The van der Waals surface area contributed by atoms with E-state index in [-0.39, 0.29) is 27.6 Å². The van der Waals surface area contributed by atoms with E-state index < -0.39 is 16.2 Å². The Balaban J connectivity index is 1.77. The number of aryl methyl sites for hydroxylation is 1. The zero-order valence-corrected chi connectivity index (χ0v) is 18.1. The summed E-state index contributed by atoms with van der Waals surface area (Å²) in [6, 6.07) is 8.97. The average molecular weight is 475 g/mol. The molecule has 0 spiro atoms. The van der Waals surface area contributed by atoms with Gasteiger partial charge in [0.25, 0.3) is 0 Å². The van der Waals surface area contributed by atoms with Gasteiger partial charge in [0.2, 0.25) is 0 Å². The molecule has 5 rings (SSSR count). The van der Waals surface area contributed by atoms with Crippen molar-refractivity contribution in [3.8, 4) is 17.3 Å². The number of rotatable bonds is 4. The van der Waals surface area contributed by atoms with Crippen molar-refractivity contribution >= 4 is 37.3 Å². The van der Waals surface area contributed by atoms with Gasteiger partial charge < -0.3 is 9.30 Å². The molecule has 5 aromatic rings. The van der Waals surface area contributed by atoms with Crippen molar-refractivity contribution in [3.05, 3.63) is 48.8 Å². The Hall–Kier alpha value is -3.67. The second kappa shape index (κ2) is 7.17. The fourth-order valence-electron chi connectivity index (χ4n) is 3.86. The van der Waals surface area contributed by atoms with Gasteiger partial charge in [0.15, 0.2) is 15.7 Å². The lowest BCUT2D eigenvalue weighted by Gasteiger charge is -2.09. The quantitative estimate of drug-likeness (QED) is 0.388. The molecule has 0 saturated heterocycles. The molecule has 0 amide bonds. The number of nitrogens with zero attached hydrogens (tertiary/aromatic N) is 5. The van der Waals surface area contributed by atoms with Crippen LogP contribution >= 0.6 is 0 Å². The highest BCUT2D eigenvalue weighted by atomic mass is 32.2. The van der Waals surface area contributed by atoms with Crippen LogP contribution in [0, 0.1) is 0 Å². The van der Waals surface area contributed by atoms with E-state index in [9.17, 15) is 21.6 Å². The Bertz CT molecular complexity index is 1660. The van der Waals surface area contributed by atoms with Crippen LogP contribution in [0.4, 0.5) is 13.2 Å². The van der Waals surface area contributed by atoms with Gasteiger partial charge in [0, 0.05) is 24.7 Å². The van der Waals surface area contributed by atoms with Crippen LogP contribution in [0.5, 0.6) is 5.75 Å². The molecule has 0 fully saturated rings. The van der Waals surface area contributed by atoms with Gasteiger partial charge in [-0.3, -0.25) is 4.98 Å². The summed E-state index contributed by atoms with van der Waals surface area (Å²) in [6.45, 7) is 1.55. The highest BCUT2D eigenvalue weighted by Gasteiger charge is 2.31. The number of hydrogen-bond acceptors (Lipinski definition) is 6. The van der Waals surface area contributed by atoms with Crippen molar-refractivity contribution in [3.63, 3.8) is 0 Å².